The lowest BCUT2D eigenvalue weighted by Gasteiger charge is -2.63. The third-order valence-corrected chi connectivity index (χ3v) is 11.5. The zero-order valence-electron chi connectivity index (χ0n) is 22.3. The molecular weight excluding hydrogens is 430 g/mol. The zero-order valence-corrected chi connectivity index (χ0v) is 24.3. The largest absolute Gasteiger partial charge is 0.415 e. The Morgan fingerprint density at radius 3 is 2.22 bits per heavy atom. The summed E-state index contributed by atoms with van der Waals surface area (Å²) in [5, 5.41) is 4.55. The molecule has 32 heavy (non-hydrogen) atoms. The molecule has 0 radical (unpaired) electrons. The number of rotatable bonds is 5. The fraction of sp³-hybridized carbons (Fsp3) is 0.962. The molecule has 4 unspecified atom stereocenters. The Bertz CT molecular complexity index is 730. The van der Waals surface area contributed by atoms with Gasteiger partial charge in [-0.05, 0) is 120 Å². The van der Waals surface area contributed by atoms with Crippen LogP contribution in [0.4, 0.5) is 0 Å². The fourth-order valence-corrected chi connectivity index (χ4v) is 10.9. The van der Waals surface area contributed by atoms with Crippen molar-refractivity contribution in [3.63, 3.8) is 0 Å². The summed E-state index contributed by atoms with van der Waals surface area (Å²) in [7, 11) is -1.45. The highest BCUT2D eigenvalue weighted by molar-refractivity contribution is 6.70. The van der Waals surface area contributed by atoms with Crippen molar-refractivity contribution < 1.29 is 13.7 Å². The number of hydrogen-bond acceptors (Lipinski definition) is 4. The van der Waals surface area contributed by atoms with Crippen molar-refractivity contribution in [1.29, 1.82) is 0 Å². The molecule has 0 amide bonds. The minimum atomic E-state index is -1.66. The van der Waals surface area contributed by atoms with Crippen LogP contribution in [-0.4, -0.2) is 41.7 Å². The standard InChI is InChI=1S/C26H49NO3Si2/c1-25-15-14-19(29-31(4,5)6)16-18(25)10-11-20-21-12-13-23(27-28-3)26(21,2)17-22(24(20)25)30-32(7,8)9/h18-22,24H,10-17H2,1-9H3/b27-23+/t18-,19+,20?,21?,22?,24?,25-,26-/m0/s1. The van der Waals surface area contributed by atoms with E-state index in [-0.39, 0.29) is 5.41 Å². The smallest absolute Gasteiger partial charge is 0.184 e. The maximum absolute atomic E-state index is 7.09. The van der Waals surface area contributed by atoms with Crippen LogP contribution in [0.1, 0.15) is 65.2 Å². The van der Waals surface area contributed by atoms with Crippen LogP contribution in [0.25, 0.3) is 0 Å². The van der Waals surface area contributed by atoms with Crippen LogP contribution in [0.15, 0.2) is 5.16 Å². The van der Waals surface area contributed by atoms with Gasteiger partial charge in [0.1, 0.15) is 7.11 Å². The van der Waals surface area contributed by atoms with E-state index in [1.54, 1.807) is 7.11 Å². The summed E-state index contributed by atoms with van der Waals surface area (Å²) in [6.45, 7) is 19.3. The van der Waals surface area contributed by atoms with Gasteiger partial charge in [0.05, 0.1) is 5.71 Å². The predicted molar refractivity (Wildman–Crippen MR) is 138 cm³/mol. The summed E-state index contributed by atoms with van der Waals surface area (Å²) >= 11 is 0. The second kappa shape index (κ2) is 8.49. The highest BCUT2D eigenvalue weighted by Crippen LogP contribution is 2.66. The molecule has 184 valence electrons. The van der Waals surface area contributed by atoms with Crippen LogP contribution < -0.4 is 0 Å². The molecule has 0 bridgehead atoms. The second-order valence-electron chi connectivity index (χ2n) is 13.9. The SMILES string of the molecule is CO/N=C1\CCC2C3CC[C@H]4C[C@H](O[Si](C)(C)C)CC[C@]4(C)C3C(O[Si](C)(C)C)C[C@]12C. The topological polar surface area (TPSA) is 40.0 Å². The molecule has 0 spiro atoms. The molecule has 4 rings (SSSR count). The van der Waals surface area contributed by atoms with Gasteiger partial charge in [-0.15, -0.1) is 0 Å². The molecule has 8 atom stereocenters. The third kappa shape index (κ3) is 4.55. The molecule has 4 aliphatic rings. The van der Waals surface area contributed by atoms with Crippen LogP contribution in [0.3, 0.4) is 0 Å². The van der Waals surface area contributed by atoms with Gasteiger partial charge < -0.3 is 13.7 Å². The summed E-state index contributed by atoms with van der Waals surface area (Å²) in [4.78, 5) is 5.31. The van der Waals surface area contributed by atoms with Gasteiger partial charge in [0.15, 0.2) is 16.6 Å². The highest BCUT2D eigenvalue weighted by Gasteiger charge is 2.63. The van der Waals surface area contributed by atoms with E-state index in [9.17, 15) is 0 Å². The quantitative estimate of drug-likeness (QED) is 0.312. The Labute approximate surface area is 199 Å². The number of oxime groups is 1. The first kappa shape index (κ1) is 24.9. The Morgan fingerprint density at radius 1 is 0.906 bits per heavy atom. The van der Waals surface area contributed by atoms with Crippen molar-refractivity contribution >= 4 is 22.3 Å². The van der Waals surface area contributed by atoms with Gasteiger partial charge in [-0.3, -0.25) is 0 Å². The van der Waals surface area contributed by atoms with Crippen LogP contribution >= 0.6 is 0 Å². The van der Waals surface area contributed by atoms with Gasteiger partial charge in [-0.1, -0.05) is 19.0 Å². The highest BCUT2D eigenvalue weighted by atomic mass is 28.4. The van der Waals surface area contributed by atoms with Crippen molar-refractivity contribution in [3.05, 3.63) is 0 Å². The maximum atomic E-state index is 7.09. The van der Waals surface area contributed by atoms with Crippen LogP contribution in [0, 0.1) is 34.5 Å². The second-order valence-corrected chi connectivity index (χ2v) is 22.8. The maximum Gasteiger partial charge on any atom is 0.184 e. The molecule has 0 aliphatic heterocycles. The Hall–Kier alpha value is -0.176. The van der Waals surface area contributed by atoms with E-state index < -0.39 is 16.6 Å². The third-order valence-electron chi connectivity index (χ3n) is 9.50. The van der Waals surface area contributed by atoms with Crippen LogP contribution in [0.2, 0.25) is 39.3 Å². The molecule has 0 heterocycles. The number of hydrogen-bond donors (Lipinski definition) is 0. The van der Waals surface area contributed by atoms with E-state index in [1.165, 1.54) is 44.2 Å². The van der Waals surface area contributed by atoms with E-state index in [0.29, 0.717) is 23.5 Å². The first-order valence-corrected chi connectivity index (χ1v) is 20.0. The zero-order chi connectivity index (χ0) is 23.5. The Morgan fingerprint density at radius 2 is 1.59 bits per heavy atom. The molecule has 4 fully saturated rings. The molecular formula is C26H49NO3Si2. The summed E-state index contributed by atoms with van der Waals surface area (Å²) < 4.78 is 13.7. The van der Waals surface area contributed by atoms with Crippen molar-refractivity contribution in [3.8, 4) is 0 Å². The van der Waals surface area contributed by atoms with Gasteiger partial charge in [0.25, 0.3) is 0 Å². The Kier molecular flexibility index (Phi) is 6.62. The first-order chi connectivity index (χ1) is 14.8. The molecule has 0 N–H and O–H groups in total. The molecule has 0 saturated heterocycles. The number of fused-ring (bicyclic) bond motifs is 5. The van der Waals surface area contributed by atoms with Gasteiger partial charge in [-0.2, -0.15) is 0 Å². The van der Waals surface area contributed by atoms with E-state index in [0.717, 1.165) is 30.6 Å². The normalized spacial score (nSPS) is 45.8. The average Bonchev–Trinajstić information content (AvgIpc) is 2.95. The first-order valence-electron chi connectivity index (χ1n) is 13.2. The van der Waals surface area contributed by atoms with Gasteiger partial charge in [0, 0.05) is 17.6 Å². The summed E-state index contributed by atoms with van der Waals surface area (Å²) in [6.07, 6.45) is 10.9. The van der Waals surface area contributed by atoms with Crippen molar-refractivity contribution in [2.75, 3.05) is 7.11 Å². The molecule has 6 heteroatoms. The lowest BCUT2D eigenvalue weighted by molar-refractivity contribution is -0.157. The lowest BCUT2D eigenvalue weighted by Crippen LogP contribution is -2.61. The average molecular weight is 480 g/mol. The summed E-state index contributed by atoms with van der Waals surface area (Å²) in [5.41, 5.74) is 1.82. The monoisotopic (exact) mass is 479 g/mol. The molecule has 4 aliphatic carbocycles. The predicted octanol–water partition coefficient (Wildman–Crippen LogP) is 7.08. The van der Waals surface area contributed by atoms with E-state index >= 15 is 0 Å². The number of nitrogens with zero attached hydrogens (tertiary/aromatic N) is 1. The summed E-state index contributed by atoms with van der Waals surface area (Å²) in [6, 6.07) is 0. The fourth-order valence-electron chi connectivity index (χ4n) is 8.53. The molecule has 0 aromatic rings. The van der Waals surface area contributed by atoms with Crippen molar-refractivity contribution in [2.45, 2.75) is 117 Å². The van der Waals surface area contributed by atoms with Gasteiger partial charge in [-0.25, -0.2) is 0 Å². The van der Waals surface area contributed by atoms with Crippen molar-refractivity contribution in [2.24, 2.45) is 39.7 Å². The molecule has 4 nitrogen and oxygen atoms in total. The summed E-state index contributed by atoms with van der Waals surface area (Å²) in [5.74, 6) is 2.96. The molecule has 0 aromatic heterocycles. The molecule has 4 saturated carbocycles. The van der Waals surface area contributed by atoms with Crippen LogP contribution in [-0.2, 0) is 13.7 Å². The lowest BCUT2D eigenvalue weighted by atomic mass is 9.44. The van der Waals surface area contributed by atoms with Crippen LogP contribution in [0.5, 0.6) is 0 Å². The van der Waals surface area contributed by atoms with E-state index in [1.807, 2.05) is 0 Å². The van der Waals surface area contributed by atoms with E-state index in [4.69, 9.17) is 13.7 Å². The van der Waals surface area contributed by atoms with Gasteiger partial charge in [0.2, 0.25) is 0 Å². The van der Waals surface area contributed by atoms with Gasteiger partial charge >= 0.3 is 0 Å². The van der Waals surface area contributed by atoms with Crippen molar-refractivity contribution in [1.82, 2.24) is 0 Å². The minimum absolute atomic E-state index is 0.142. The minimum Gasteiger partial charge on any atom is -0.415 e. The Balaban J connectivity index is 1.65. The molecule has 0 aromatic carbocycles. The van der Waals surface area contributed by atoms with E-state index in [2.05, 4.69) is 58.3 Å².